The number of ketones is 1. The van der Waals surface area contributed by atoms with Gasteiger partial charge in [0.1, 0.15) is 5.78 Å². The van der Waals surface area contributed by atoms with Gasteiger partial charge in [-0.3, -0.25) is 9.59 Å². The van der Waals surface area contributed by atoms with Gasteiger partial charge in [0, 0.05) is 12.3 Å². The highest BCUT2D eigenvalue weighted by Crippen LogP contribution is 2.31. The summed E-state index contributed by atoms with van der Waals surface area (Å²) in [6.07, 6.45) is 4.55. The van der Waals surface area contributed by atoms with Crippen molar-refractivity contribution in [1.29, 1.82) is 0 Å². The van der Waals surface area contributed by atoms with Crippen molar-refractivity contribution < 1.29 is 14.3 Å². The van der Waals surface area contributed by atoms with E-state index in [0.29, 0.717) is 19.4 Å². The van der Waals surface area contributed by atoms with Crippen molar-refractivity contribution in [3.63, 3.8) is 0 Å². The zero-order valence-corrected chi connectivity index (χ0v) is 9.20. The van der Waals surface area contributed by atoms with Crippen LogP contribution in [0.5, 0.6) is 0 Å². The molecule has 0 amide bonds. The van der Waals surface area contributed by atoms with Gasteiger partial charge in [-0.05, 0) is 26.2 Å². The summed E-state index contributed by atoms with van der Waals surface area (Å²) in [6.45, 7) is 5.77. The molecular formula is C12H18O3. The summed E-state index contributed by atoms with van der Waals surface area (Å²) >= 11 is 0. The summed E-state index contributed by atoms with van der Waals surface area (Å²) in [5.74, 6) is -0.493. The van der Waals surface area contributed by atoms with Gasteiger partial charge in [-0.1, -0.05) is 6.08 Å². The molecule has 0 heterocycles. The van der Waals surface area contributed by atoms with Gasteiger partial charge in [0.25, 0.3) is 0 Å². The van der Waals surface area contributed by atoms with Crippen LogP contribution in [0.4, 0.5) is 0 Å². The standard InChI is InChI=1S/C12H18O3/c1-3-6-10(12(14)15-4-2)9-7-5-8-11(9)13/h3,9-10H,1,4-8H2,2H3. The van der Waals surface area contributed by atoms with Gasteiger partial charge in [-0.2, -0.15) is 0 Å². The number of hydrogen-bond acceptors (Lipinski definition) is 3. The van der Waals surface area contributed by atoms with Crippen molar-refractivity contribution >= 4 is 11.8 Å². The van der Waals surface area contributed by atoms with E-state index in [0.717, 1.165) is 12.8 Å². The van der Waals surface area contributed by atoms with E-state index in [1.807, 2.05) is 0 Å². The molecule has 0 radical (unpaired) electrons. The molecule has 84 valence electrons. The summed E-state index contributed by atoms with van der Waals surface area (Å²) < 4.78 is 4.98. The number of rotatable bonds is 5. The van der Waals surface area contributed by atoms with E-state index in [2.05, 4.69) is 6.58 Å². The van der Waals surface area contributed by atoms with Crippen LogP contribution in [0.15, 0.2) is 12.7 Å². The molecular weight excluding hydrogens is 192 g/mol. The Labute approximate surface area is 90.5 Å². The Morgan fingerprint density at radius 3 is 2.93 bits per heavy atom. The minimum Gasteiger partial charge on any atom is -0.466 e. The van der Waals surface area contributed by atoms with Crippen LogP contribution in [0, 0.1) is 11.8 Å². The molecule has 0 aromatic carbocycles. The lowest BCUT2D eigenvalue weighted by atomic mass is 9.87. The van der Waals surface area contributed by atoms with Crippen LogP contribution in [0.1, 0.15) is 32.6 Å². The van der Waals surface area contributed by atoms with Crippen LogP contribution in [0.25, 0.3) is 0 Å². The Bertz CT molecular complexity index is 258. The maximum Gasteiger partial charge on any atom is 0.309 e. The molecule has 0 aliphatic heterocycles. The van der Waals surface area contributed by atoms with Crippen LogP contribution in [0.3, 0.4) is 0 Å². The molecule has 1 aliphatic rings. The second kappa shape index (κ2) is 5.69. The summed E-state index contributed by atoms with van der Waals surface area (Å²) in [7, 11) is 0. The number of carbonyl (C=O) groups excluding carboxylic acids is 2. The third kappa shape index (κ3) is 2.91. The molecule has 0 aromatic rings. The van der Waals surface area contributed by atoms with Gasteiger partial charge in [-0.25, -0.2) is 0 Å². The zero-order chi connectivity index (χ0) is 11.3. The Kier molecular flexibility index (Phi) is 4.53. The van der Waals surface area contributed by atoms with E-state index >= 15 is 0 Å². The van der Waals surface area contributed by atoms with Crippen LogP contribution >= 0.6 is 0 Å². The molecule has 0 bridgehead atoms. The van der Waals surface area contributed by atoms with Crippen molar-refractivity contribution in [2.24, 2.45) is 11.8 Å². The summed E-state index contributed by atoms with van der Waals surface area (Å²) in [5.41, 5.74) is 0. The van der Waals surface area contributed by atoms with E-state index in [-0.39, 0.29) is 23.6 Å². The molecule has 1 aliphatic carbocycles. The zero-order valence-electron chi connectivity index (χ0n) is 9.20. The highest BCUT2D eigenvalue weighted by atomic mass is 16.5. The summed E-state index contributed by atoms with van der Waals surface area (Å²) in [6, 6.07) is 0. The lowest BCUT2D eigenvalue weighted by molar-refractivity contribution is -0.151. The number of carbonyl (C=O) groups is 2. The first-order chi connectivity index (χ1) is 7.20. The lowest BCUT2D eigenvalue weighted by Crippen LogP contribution is -2.28. The maximum absolute atomic E-state index is 11.6. The largest absolute Gasteiger partial charge is 0.466 e. The third-order valence-electron chi connectivity index (χ3n) is 2.85. The van der Waals surface area contributed by atoms with Gasteiger partial charge < -0.3 is 4.74 Å². The first kappa shape index (κ1) is 12.0. The molecule has 0 spiro atoms. The second-order valence-electron chi connectivity index (χ2n) is 3.85. The fourth-order valence-electron chi connectivity index (χ4n) is 2.12. The molecule has 0 N–H and O–H groups in total. The fraction of sp³-hybridized carbons (Fsp3) is 0.667. The third-order valence-corrected chi connectivity index (χ3v) is 2.85. The van der Waals surface area contributed by atoms with Gasteiger partial charge in [0.15, 0.2) is 0 Å². The van der Waals surface area contributed by atoms with E-state index in [1.54, 1.807) is 13.0 Å². The van der Waals surface area contributed by atoms with Gasteiger partial charge in [-0.15, -0.1) is 6.58 Å². The number of allylic oxidation sites excluding steroid dienone is 1. The molecule has 0 saturated heterocycles. The van der Waals surface area contributed by atoms with E-state index in [9.17, 15) is 9.59 Å². The molecule has 0 aromatic heterocycles. The van der Waals surface area contributed by atoms with Crippen molar-refractivity contribution in [2.45, 2.75) is 32.6 Å². The van der Waals surface area contributed by atoms with E-state index in [4.69, 9.17) is 4.74 Å². The number of ether oxygens (including phenoxy) is 1. The van der Waals surface area contributed by atoms with Crippen LogP contribution in [0.2, 0.25) is 0 Å². The quantitative estimate of drug-likeness (QED) is 0.515. The molecule has 2 unspecified atom stereocenters. The van der Waals surface area contributed by atoms with E-state index < -0.39 is 0 Å². The predicted octanol–water partition coefficient (Wildman–Crippen LogP) is 2.11. The average molecular weight is 210 g/mol. The summed E-state index contributed by atoms with van der Waals surface area (Å²) in [5, 5.41) is 0. The fourth-order valence-corrected chi connectivity index (χ4v) is 2.12. The monoisotopic (exact) mass is 210 g/mol. The number of hydrogen-bond donors (Lipinski definition) is 0. The molecule has 2 atom stereocenters. The molecule has 1 rings (SSSR count). The molecule has 3 heteroatoms. The molecule has 1 saturated carbocycles. The van der Waals surface area contributed by atoms with Crippen LogP contribution in [-0.4, -0.2) is 18.4 Å². The van der Waals surface area contributed by atoms with Gasteiger partial charge in [0.2, 0.25) is 0 Å². The van der Waals surface area contributed by atoms with Gasteiger partial charge >= 0.3 is 5.97 Å². The van der Waals surface area contributed by atoms with Crippen molar-refractivity contribution in [3.8, 4) is 0 Å². The molecule has 3 nitrogen and oxygen atoms in total. The lowest BCUT2D eigenvalue weighted by Gasteiger charge is -2.18. The normalized spacial score (nSPS) is 22.5. The minimum absolute atomic E-state index is 0.137. The number of esters is 1. The highest BCUT2D eigenvalue weighted by Gasteiger charge is 2.36. The van der Waals surface area contributed by atoms with Crippen LogP contribution < -0.4 is 0 Å². The van der Waals surface area contributed by atoms with Crippen LogP contribution in [-0.2, 0) is 14.3 Å². The van der Waals surface area contributed by atoms with E-state index in [1.165, 1.54) is 0 Å². The first-order valence-electron chi connectivity index (χ1n) is 5.51. The predicted molar refractivity (Wildman–Crippen MR) is 57.3 cm³/mol. The van der Waals surface area contributed by atoms with Crippen molar-refractivity contribution in [3.05, 3.63) is 12.7 Å². The van der Waals surface area contributed by atoms with Crippen molar-refractivity contribution in [1.82, 2.24) is 0 Å². The topological polar surface area (TPSA) is 43.4 Å². The highest BCUT2D eigenvalue weighted by molar-refractivity contribution is 5.88. The Balaban J connectivity index is 2.67. The first-order valence-corrected chi connectivity index (χ1v) is 5.51. The Morgan fingerprint density at radius 2 is 2.47 bits per heavy atom. The average Bonchev–Trinajstić information content (AvgIpc) is 2.61. The van der Waals surface area contributed by atoms with Gasteiger partial charge in [0.05, 0.1) is 12.5 Å². The Hall–Kier alpha value is -1.12. The second-order valence-corrected chi connectivity index (χ2v) is 3.85. The molecule has 1 fully saturated rings. The van der Waals surface area contributed by atoms with Crippen molar-refractivity contribution in [2.75, 3.05) is 6.61 Å². The smallest absolute Gasteiger partial charge is 0.309 e. The number of Topliss-reactive ketones (excluding diaryl/α,β-unsaturated/α-hetero) is 1. The SMILES string of the molecule is C=CCC(C(=O)OCC)C1CCCC1=O. The Morgan fingerprint density at radius 1 is 1.73 bits per heavy atom. The maximum atomic E-state index is 11.6. The minimum atomic E-state index is -0.308. The molecule has 15 heavy (non-hydrogen) atoms. The summed E-state index contributed by atoms with van der Waals surface area (Å²) in [4.78, 5) is 23.2.